The average molecular weight is 535 g/mol. The highest BCUT2D eigenvalue weighted by atomic mass is 19.4. The molecule has 3 atom stereocenters. The Labute approximate surface area is 224 Å². The second-order valence-electron chi connectivity index (χ2n) is 11.0. The fourth-order valence-corrected chi connectivity index (χ4v) is 6.94. The zero-order valence-electron chi connectivity index (χ0n) is 21.7. The number of alkyl halides is 3. The minimum absolute atomic E-state index is 0.0225. The molecular weight excluding hydrogens is 504 g/mol. The van der Waals surface area contributed by atoms with Crippen molar-refractivity contribution in [1.82, 2.24) is 9.78 Å². The van der Waals surface area contributed by atoms with E-state index in [9.17, 15) is 22.7 Å². The van der Waals surface area contributed by atoms with Gasteiger partial charge in [0.2, 0.25) is 0 Å². The number of fused-ring (bicyclic) bond motifs is 4. The molecule has 2 aliphatic rings. The van der Waals surface area contributed by atoms with Gasteiger partial charge >= 0.3 is 6.18 Å². The van der Waals surface area contributed by atoms with E-state index in [1.165, 1.54) is 18.2 Å². The molecule has 0 radical (unpaired) electrons. The summed E-state index contributed by atoms with van der Waals surface area (Å²) in [7, 11) is 0. The number of aliphatic hydroxyl groups is 1. The lowest BCUT2D eigenvalue weighted by atomic mass is 9.55. The van der Waals surface area contributed by atoms with Crippen LogP contribution in [0.15, 0.2) is 78.5 Å². The lowest BCUT2D eigenvalue weighted by Crippen LogP contribution is -2.56. The minimum atomic E-state index is -4.77. The van der Waals surface area contributed by atoms with E-state index < -0.39 is 17.2 Å². The lowest BCUT2D eigenvalue weighted by Gasteiger charge is -2.51. The summed E-state index contributed by atoms with van der Waals surface area (Å²) in [6, 6.07) is 19.3. The van der Waals surface area contributed by atoms with Gasteiger partial charge in [-0.1, -0.05) is 43.3 Å². The maximum atomic E-state index is 14.5. The van der Waals surface area contributed by atoms with Crippen molar-refractivity contribution in [2.24, 2.45) is 5.92 Å². The van der Waals surface area contributed by atoms with Gasteiger partial charge in [-0.3, -0.25) is 0 Å². The highest BCUT2D eigenvalue weighted by Crippen LogP contribution is 2.59. The third kappa shape index (κ3) is 4.18. The van der Waals surface area contributed by atoms with Crippen LogP contribution >= 0.6 is 0 Å². The third-order valence-corrected chi connectivity index (χ3v) is 9.00. The molecule has 39 heavy (non-hydrogen) atoms. The van der Waals surface area contributed by atoms with Crippen molar-refractivity contribution in [3.05, 3.63) is 101 Å². The minimum Gasteiger partial charge on any atom is -0.376 e. The summed E-state index contributed by atoms with van der Waals surface area (Å²) in [5, 5.41) is 16.8. The topological polar surface area (TPSA) is 38.1 Å². The molecule has 0 saturated heterocycles. The SMILES string of the molecule is CC[C@@]12CC(=Cc3ccccc3)[C@](O)(C(F)(F)F)C[C@H]1CCCc1cc3c(cnn3-c3ccc(F)cc3)cc12. The van der Waals surface area contributed by atoms with E-state index in [2.05, 4.69) is 17.2 Å². The number of benzene rings is 3. The smallest absolute Gasteiger partial charge is 0.376 e. The molecule has 202 valence electrons. The summed E-state index contributed by atoms with van der Waals surface area (Å²) in [6.07, 6.45) is 1.04. The first-order valence-electron chi connectivity index (χ1n) is 13.5. The highest BCUT2D eigenvalue weighted by Gasteiger charge is 2.63. The van der Waals surface area contributed by atoms with Crippen molar-refractivity contribution in [2.75, 3.05) is 0 Å². The number of hydrogen-bond donors (Lipinski definition) is 1. The zero-order valence-corrected chi connectivity index (χ0v) is 21.7. The molecule has 1 aromatic heterocycles. The zero-order chi connectivity index (χ0) is 27.4. The molecule has 1 fully saturated rings. The van der Waals surface area contributed by atoms with Gasteiger partial charge in [-0.05, 0) is 103 Å². The van der Waals surface area contributed by atoms with E-state index in [-0.39, 0.29) is 30.1 Å². The van der Waals surface area contributed by atoms with Gasteiger partial charge in [0.1, 0.15) is 5.82 Å². The van der Waals surface area contributed by atoms with E-state index in [1.807, 2.05) is 13.0 Å². The van der Waals surface area contributed by atoms with E-state index in [4.69, 9.17) is 0 Å². The molecule has 3 aromatic carbocycles. The largest absolute Gasteiger partial charge is 0.421 e. The van der Waals surface area contributed by atoms with Crippen LogP contribution in [0.25, 0.3) is 22.7 Å². The Hall–Kier alpha value is -3.45. The Kier molecular flexibility index (Phi) is 6.18. The highest BCUT2D eigenvalue weighted by molar-refractivity contribution is 5.83. The molecule has 0 amide bonds. The second kappa shape index (κ2) is 9.33. The van der Waals surface area contributed by atoms with Gasteiger partial charge < -0.3 is 5.11 Å². The van der Waals surface area contributed by atoms with Crippen LogP contribution in [0.4, 0.5) is 17.6 Å². The number of rotatable bonds is 3. The molecule has 0 unspecified atom stereocenters. The van der Waals surface area contributed by atoms with Crippen molar-refractivity contribution < 1.29 is 22.7 Å². The maximum Gasteiger partial charge on any atom is 0.421 e. The molecule has 0 aliphatic heterocycles. The number of aryl methyl sites for hydroxylation is 1. The van der Waals surface area contributed by atoms with Gasteiger partial charge in [-0.25, -0.2) is 9.07 Å². The predicted octanol–water partition coefficient (Wildman–Crippen LogP) is 7.94. The maximum absolute atomic E-state index is 14.5. The van der Waals surface area contributed by atoms with Crippen LogP contribution in [0.1, 0.15) is 55.7 Å². The summed E-state index contributed by atoms with van der Waals surface area (Å²) >= 11 is 0. The standard InChI is InChI=1S/C32H30F4N2O/c1-2-30-18-25(15-21-7-4-3-5-8-21)31(39,32(34,35)36)19-24(30)10-6-9-22-17-29-23(16-28(22)30)20-37-38(29)27-13-11-26(33)12-14-27/h3-5,7-8,11-17,20,24,39H,2,6,9-10,18-19H2,1H3/t24-,30-,31+/m1/s1. The third-order valence-electron chi connectivity index (χ3n) is 9.00. The Morgan fingerprint density at radius 3 is 2.51 bits per heavy atom. The Balaban J connectivity index is 1.52. The molecule has 6 rings (SSSR count). The van der Waals surface area contributed by atoms with Crippen LogP contribution in [-0.2, 0) is 11.8 Å². The van der Waals surface area contributed by atoms with E-state index in [0.29, 0.717) is 18.4 Å². The van der Waals surface area contributed by atoms with Crippen LogP contribution in [0.5, 0.6) is 0 Å². The molecule has 0 spiro atoms. The molecular formula is C32H30F4N2O. The van der Waals surface area contributed by atoms with Crippen LogP contribution < -0.4 is 0 Å². The normalized spacial score (nSPS) is 26.3. The molecule has 7 heteroatoms. The van der Waals surface area contributed by atoms with Crippen LogP contribution in [0.3, 0.4) is 0 Å². The van der Waals surface area contributed by atoms with Gasteiger partial charge in [0.05, 0.1) is 17.4 Å². The van der Waals surface area contributed by atoms with E-state index in [0.717, 1.165) is 40.6 Å². The fourth-order valence-electron chi connectivity index (χ4n) is 6.94. The van der Waals surface area contributed by atoms with Gasteiger partial charge in [0.15, 0.2) is 5.60 Å². The van der Waals surface area contributed by atoms with Gasteiger partial charge in [-0.2, -0.15) is 18.3 Å². The fraction of sp³-hybridized carbons (Fsp3) is 0.344. The summed E-state index contributed by atoms with van der Waals surface area (Å²) in [5.74, 6) is -0.650. The second-order valence-corrected chi connectivity index (χ2v) is 11.0. The number of halogens is 4. The predicted molar refractivity (Wildman–Crippen MR) is 144 cm³/mol. The first-order valence-corrected chi connectivity index (χ1v) is 13.5. The Morgan fingerprint density at radius 1 is 1.08 bits per heavy atom. The number of aromatic nitrogens is 2. The van der Waals surface area contributed by atoms with Gasteiger partial charge in [0.25, 0.3) is 0 Å². The Morgan fingerprint density at radius 2 is 1.82 bits per heavy atom. The van der Waals surface area contributed by atoms with E-state index >= 15 is 0 Å². The van der Waals surface area contributed by atoms with E-state index in [1.54, 1.807) is 47.3 Å². The summed E-state index contributed by atoms with van der Waals surface area (Å²) in [4.78, 5) is 0. The molecule has 4 aromatic rings. The monoisotopic (exact) mass is 534 g/mol. The van der Waals surface area contributed by atoms with Crippen LogP contribution in [0, 0.1) is 11.7 Å². The molecule has 1 N–H and O–H groups in total. The average Bonchev–Trinajstić information content (AvgIpc) is 3.26. The van der Waals surface area contributed by atoms with Crippen molar-refractivity contribution in [3.8, 4) is 5.69 Å². The lowest BCUT2D eigenvalue weighted by molar-refractivity contribution is -0.258. The van der Waals surface area contributed by atoms with Crippen molar-refractivity contribution in [2.45, 2.75) is 62.6 Å². The molecule has 3 nitrogen and oxygen atoms in total. The Bertz CT molecular complexity index is 1540. The first-order chi connectivity index (χ1) is 18.6. The first kappa shape index (κ1) is 25.8. The summed E-state index contributed by atoms with van der Waals surface area (Å²) in [5.41, 5.74) is 1.04. The van der Waals surface area contributed by atoms with Gasteiger partial charge in [0, 0.05) is 10.8 Å². The molecule has 0 bridgehead atoms. The molecule has 2 aliphatic carbocycles. The number of hydrogen-bond acceptors (Lipinski definition) is 2. The summed E-state index contributed by atoms with van der Waals surface area (Å²) in [6.45, 7) is 2.05. The van der Waals surface area contributed by atoms with Crippen LogP contribution in [-0.4, -0.2) is 26.7 Å². The van der Waals surface area contributed by atoms with Crippen molar-refractivity contribution >= 4 is 17.0 Å². The van der Waals surface area contributed by atoms with Crippen molar-refractivity contribution in [1.29, 1.82) is 0 Å². The van der Waals surface area contributed by atoms with Gasteiger partial charge in [-0.15, -0.1) is 0 Å². The number of nitrogens with zero attached hydrogens (tertiary/aromatic N) is 2. The molecule has 1 saturated carbocycles. The van der Waals surface area contributed by atoms with Crippen molar-refractivity contribution in [3.63, 3.8) is 0 Å². The summed E-state index contributed by atoms with van der Waals surface area (Å²) < 4.78 is 58.9. The quantitative estimate of drug-likeness (QED) is 0.271. The van der Waals surface area contributed by atoms with Crippen LogP contribution in [0.2, 0.25) is 0 Å². The molecule has 1 heterocycles.